The predicted octanol–water partition coefficient (Wildman–Crippen LogP) is 2.66. The monoisotopic (exact) mass is 166 g/mol. The average molecular weight is 166 g/mol. The average Bonchev–Trinajstić information content (AvgIpc) is 1.85. The molecule has 1 nitrogen and oxygen atoms in total. The molecule has 0 aliphatic rings. The molecule has 0 heterocycles. The summed E-state index contributed by atoms with van der Waals surface area (Å²) in [7, 11) is 1.27. The van der Waals surface area contributed by atoms with Gasteiger partial charge in [0.15, 0.2) is 0 Å². The number of hydrogen-bond donors (Lipinski definition) is 0. The lowest BCUT2D eigenvalue weighted by Gasteiger charge is -2.06. The van der Waals surface area contributed by atoms with Gasteiger partial charge in [-0.2, -0.15) is 13.2 Å². The summed E-state index contributed by atoms with van der Waals surface area (Å²) >= 11 is 0. The van der Waals surface area contributed by atoms with Gasteiger partial charge in [-0.3, -0.25) is 0 Å². The summed E-state index contributed by atoms with van der Waals surface area (Å²) in [6, 6.07) is 0. The first kappa shape index (κ1) is 10.1. The molecule has 0 saturated heterocycles. The summed E-state index contributed by atoms with van der Waals surface area (Å²) in [5, 5.41) is 0. The quantitative estimate of drug-likeness (QED) is 0.452. The van der Waals surface area contributed by atoms with Crippen LogP contribution in [-0.2, 0) is 4.74 Å². The fraction of sp³-hybridized carbons (Fsp3) is 0.429. The van der Waals surface area contributed by atoms with Gasteiger partial charge in [0.05, 0.1) is 7.11 Å². The normalized spacial score (nSPS) is 13.0. The van der Waals surface area contributed by atoms with Gasteiger partial charge in [-0.1, -0.05) is 6.58 Å². The number of methoxy groups -OCH3 is 1. The molecule has 0 unspecified atom stereocenters. The minimum atomic E-state index is -4.29. The maximum Gasteiger partial charge on any atom is 0.412 e. The van der Waals surface area contributed by atoms with Crippen molar-refractivity contribution in [2.75, 3.05) is 7.11 Å². The summed E-state index contributed by atoms with van der Waals surface area (Å²) < 4.78 is 39.8. The molecule has 0 aromatic rings. The Kier molecular flexibility index (Phi) is 3.17. The zero-order valence-corrected chi connectivity index (χ0v) is 6.33. The maximum atomic E-state index is 11.8. The minimum Gasteiger partial charge on any atom is -0.497 e. The number of rotatable bonds is 2. The maximum absolute atomic E-state index is 11.8. The fourth-order valence-corrected chi connectivity index (χ4v) is 0.382. The van der Waals surface area contributed by atoms with E-state index in [0.717, 1.165) is 13.0 Å². The molecule has 0 amide bonds. The third kappa shape index (κ3) is 3.70. The number of hydrogen-bond acceptors (Lipinski definition) is 1. The molecule has 64 valence electrons. The van der Waals surface area contributed by atoms with Gasteiger partial charge in [0, 0.05) is 5.57 Å². The molecule has 0 aliphatic heterocycles. The van der Waals surface area contributed by atoms with Crippen LogP contribution in [0.1, 0.15) is 6.92 Å². The summed E-state index contributed by atoms with van der Waals surface area (Å²) in [6.45, 7) is 4.19. The summed E-state index contributed by atoms with van der Waals surface area (Å²) in [4.78, 5) is 0. The Hall–Kier alpha value is -0.930. The fourth-order valence-electron chi connectivity index (χ4n) is 0.382. The van der Waals surface area contributed by atoms with Crippen molar-refractivity contribution in [1.82, 2.24) is 0 Å². The van der Waals surface area contributed by atoms with Crippen molar-refractivity contribution in [3.63, 3.8) is 0 Å². The first-order chi connectivity index (χ1) is 4.88. The molecular formula is C7H9F3O. The van der Waals surface area contributed by atoms with Crippen LogP contribution in [0.15, 0.2) is 24.0 Å². The standard InChI is InChI=1S/C7H9F3O/c1-5(7(8,9)10)4-6(2)11-3/h4H,2H2,1,3H3. The van der Waals surface area contributed by atoms with E-state index < -0.39 is 11.7 Å². The van der Waals surface area contributed by atoms with Crippen LogP contribution in [0, 0.1) is 0 Å². The van der Waals surface area contributed by atoms with E-state index in [2.05, 4.69) is 11.3 Å². The van der Waals surface area contributed by atoms with E-state index in [9.17, 15) is 13.2 Å². The lowest BCUT2D eigenvalue weighted by Crippen LogP contribution is -2.09. The van der Waals surface area contributed by atoms with E-state index in [1.165, 1.54) is 7.11 Å². The van der Waals surface area contributed by atoms with E-state index in [0.29, 0.717) is 0 Å². The smallest absolute Gasteiger partial charge is 0.412 e. The number of alkyl halides is 3. The van der Waals surface area contributed by atoms with Gasteiger partial charge < -0.3 is 4.74 Å². The van der Waals surface area contributed by atoms with Crippen LogP contribution < -0.4 is 0 Å². The van der Waals surface area contributed by atoms with Gasteiger partial charge in [-0.15, -0.1) is 0 Å². The predicted molar refractivity (Wildman–Crippen MR) is 36.0 cm³/mol. The molecule has 4 heteroatoms. The Labute approximate surface area is 63.2 Å². The topological polar surface area (TPSA) is 9.23 Å². The Balaban J connectivity index is 4.35. The number of allylic oxidation sites excluding steroid dienone is 2. The molecule has 0 aromatic heterocycles. The highest BCUT2D eigenvalue weighted by Gasteiger charge is 2.29. The number of halogens is 3. The molecule has 0 rings (SSSR count). The Morgan fingerprint density at radius 2 is 1.91 bits per heavy atom. The molecule has 0 radical (unpaired) electrons. The SMILES string of the molecule is C=C(C=C(C)C(F)(F)F)OC. The van der Waals surface area contributed by atoms with E-state index in [1.54, 1.807) is 0 Å². The van der Waals surface area contributed by atoms with E-state index in [4.69, 9.17) is 0 Å². The Morgan fingerprint density at radius 1 is 1.45 bits per heavy atom. The van der Waals surface area contributed by atoms with Crippen molar-refractivity contribution in [3.05, 3.63) is 24.0 Å². The van der Waals surface area contributed by atoms with Gasteiger partial charge in [0.25, 0.3) is 0 Å². The summed E-state index contributed by atoms with van der Waals surface area (Å²) in [5.41, 5.74) is -0.718. The van der Waals surface area contributed by atoms with E-state index in [1.807, 2.05) is 0 Å². The molecule has 0 fully saturated rings. The van der Waals surface area contributed by atoms with Gasteiger partial charge in [0.2, 0.25) is 0 Å². The molecule has 0 saturated carbocycles. The largest absolute Gasteiger partial charge is 0.497 e. The first-order valence-corrected chi connectivity index (χ1v) is 2.86. The van der Waals surface area contributed by atoms with Crippen LogP contribution in [0.4, 0.5) is 13.2 Å². The van der Waals surface area contributed by atoms with Gasteiger partial charge in [-0.05, 0) is 13.0 Å². The molecule has 0 aliphatic carbocycles. The third-order valence-corrected chi connectivity index (χ3v) is 1.09. The molecule has 0 atom stereocenters. The first-order valence-electron chi connectivity index (χ1n) is 2.86. The molecule has 0 aromatic carbocycles. The van der Waals surface area contributed by atoms with Crippen molar-refractivity contribution in [3.8, 4) is 0 Å². The Bertz CT molecular complexity index is 179. The van der Waals surface area contributed by atoms with Crippen molar-refractivity contribution >= 4 is 0 Å². The lowest BCUT2D eigenvalue weighted by molar-refractivity contribution is -0.0915. The van der Waals surface area contributed by atoms with Gasteiger partial charge >= 0.3 is 6.18 Å². The van der Waals surface area contributed by atoms with E-state index >= 15 is 0 Å². The number of ether oxygens (including phenoxy) is 1. The minimum absolute atomic E-state index is 0.000162. The molecule has 0 bridgehead atoms. The second kappa shape index (κ2) is 3.46. The highest BCUT2D eigenvalue weighted by molar-refractivity contribution is 5.17. The van der Waals surface area contributed by atoms with Crippen LogP contribution in [0.3, 0.4) is 0 Å². The second-order valence-electron chi connectivity index (χ2n) is 2.00. The highest BCUT2D eigenvalue weighted by Crippen LogP contribution is 2.25. The zero-order chi connectivity index (χ0) is 9.07. The summed E-state index contributed by atoms with van der Waals surface area (Å²) in [5.74, 6) is -0.000162. The second-order valence-corrected chi connectivity index (χ2v) is 2.00. The molecular weight excluding hydrogens is 157 g/mol. The molecule has 0 N–H and O–H groups in total. The van der Waals surface area contributed by atoms with Crippen LogP contribution in [-0.4, -0.2) is 13.3 Å². The van der Waals surface area contributed by atoms with Crippen LogP contribution in [0.25, 0.3) is 0 Å². The van der Waals surface area contributed by atoms with Crippen molar-refractivity contribution in [2.45, 2.75) is 13.1 Å². The highest BCUT2D eigenvalue weighted by atomic mass is 19.4. The van der Waals surface area contributed by atoms with E-state index in [-0.39, 0.29) is 5.76 Å². The summed E-state index contributed by atoms with van der Waals surface area (Å²) in [6.07, 6.45) is -3.44. The zero-order valence-electron chi connectivity index (χ0n) is 6.33. The van der Waals surface area contributed by atoms with Crippen LogP contribution in [0.5, 0.6) is 0 Å². The van der Waals surface area contributed by atoms with Crippen molar-refractivity contribution < 1.29 is 17.9 Å². The molecule has 0 spiro atoms. The lowest BCUT2D eigenvalue weighted by atomic mass is 10.2. The van der Waals surface area contributed by atoms with Crippen molar-refractivity contribution in [1.29, 1.82) is 0 Å². The Morgan fingerprint density at radius 3 is 2.18 bits per heavy atom. The van der Waals surface area contributed by atoms with Crippen LogP contribution >= 0.6 is 0 Å². The van der Waals surface area contributed by atoms with Crippen molar-refractivity contribution in [2.24, 2.45) is 0 Å². The van der Waals surface area contributed by atoms with Crippen LogP contribution in [0.2, 0.25) is 0 Å². The third-order valence-electron chi connectivity index (χ3n) is 1.09. The molecule has 11 heavy (non-hydrogen) atoms. The van der Waals surface area contributed by atoms with Gasteiger partial charge in [-0.25, -0.2) is 0 Å². The van der Waals surface area contributed by atoms with Gasteiger partial charge in [0.1, 0.15) is 5.76 Å².